The highest BCUT2D eigenvalue weighted by atomic mass is 16.2. The fourth-order valence-electron chi connectivity index (χ4n) is 5.29. The molecule has 2 aliphatic heterocycles. The second-order valence-corrected chi connectivity index (χ2v) is 8.89. The van der Waals surface area contributed by atoms with Gasteiger partial charge in [0, 0.05) is 13.1 Å². The van der Waals surface area contributed by atoms with Crippen LogP contribution in [0.3, 0.4) is 0 Å². The highest BCUT2D eigenvalue weighted by molar-refractivity contribution is 5.86. The van der Waals surface area contributed by atoms with Crippen molar-refractivity contribution < 1.29 is 4.79 Å². The monoisotopic (exact) mass is 335 g/mol. The third kappa shape index (κ3) is 3.96. The first-order chi connectivity index (χ1) is 11.5. The molecular weight excluding hydrogens is 298 g/mol. The van der Waals surface area contributed by atoms with Crippen molar-refractivity contribution in [3.63, 3.8) is 0 Å². The van der Waals surface area contributed by atoms with E-state index in [-0.39, 0.29) is 5.91 Å². The first kappa shape index (κ1) is 18.2. The number of hydrogen-bond acceptors (Lipinski definition) is 3. The van der Waals surface area contributed by atoms with Gasteiger partial charge in [-0.25, -0.2) is 0 Å². The molecule has 0 bridgehead atoms. The molecule has 1 aliphatic carbocycles. The number of piperidine rings is 2. The summed E-state index contributed by atoms with van der Waals surface area (Å²) >= 11 is 0. The van der Waals surface area contributed by atoms with E-state index in [0.29, 0.717) is 5.92 Å². The van der Waals surface area contributed by atoms with Gasteiger partial charge in [-0.05, 0) is 83.3 Å². The summed E-state index contributed by atoms with van der Waals surface area (Å²) in [4.78, 5) is 17.6. The Bertz CT molecular complexity index is 415. The molecule has 1 saturated carbocycles. The van der Waals surface area contributed by atoms with Crippen LogP contribution in [0, 0.1) is 17.8 Å². The molecule has 0 aromatic carbocycles. The van der Waals surface area contributed by atoms with Gasteiger partial charge >= 0.3 is 0 Å². The molecule has 3 rings (SSSR count). The normalized spacial score (nSPS) is 28.7. The molecule has 3 aliphatic rings. The average Bonchev–Trinajstić information content (AvgIpc) is 2.62. The van der Waals surface area contributed by atoms with Crippen molar-refractivity contribution in [1.82, 2.24) is 9.80 Å². The molecule has 2 N–H and O–H groups in total. The zero-order valence-corrected chi connectivity index (χ0v) is 15.8. The van der Waals surface area contributed by atoms with Gasteiger partial charge in [0.05, 0.1) is 5.54 Å². The molecular formula is C20H37N3O. The van der Waals surface area contributed by atoms with E-state index in [9.17, 15) is 4.79 Å². The van der Waals surface area contributed by atoms with Crippen molar-refractivity contribution in [2.24, 2.45) is 23.5 Å². The molecule has 0 aromatic heterocycles. The van der Waals surface area contributed by atoms with Crippen molar-refractivity contribution >= 4 is 5.91 Å². The van der Waals surface area contributed by atoms with Crippen LogP contribution in [0.15, 0.2) is 0 Å². The van der Waals surface area contributed by atoms with Gasteiger partial charge in [-0.1, -0.05) is 19.3 Å². The number of nitrogens with zero attached hydrogens (tertiary/aromatic N) is 2. The fourth-order valence-corrected chi connectivity index (χ4v) is 5.29. The van der Waals surface area contributed by atoms with Gasteiger partial charge in [-0.3, -0.25) is 4.79 Å². The van der Waals surface area contributed by atoms with E-state index in [1.807, 2.05) is 6.92 Å². The molecule has 0 spiro atoms. The second-order valence-electron chi connectivity index (χ2n) is 8.89. The molecule has 24 heavy (non-hydrogen) atoms. The Labute approximate surface area is 148 Å². The predicted molar refractivity (Wildman–Crippen MR) is 98.7 cm³/mol. The van der Waals surface area contributed by atoms with Crippen molar-refractivity contribution in [2.45, 2.75) is 70.3 Å². The molecule has 138 valence electrons. The summed E-state index contributed by atoms with van der Waals surface area (Å²) in [5.74, 6) is 2.30. The van der Waals surface area contributed by atoms with Gasteiger partial charge in [-0.2, -0.15) is 0 Å². The Morgan fingerprint density at radius 2 is 1.38 bits per heavy atom. The standard InChI is InChI=1S/C20H37N3O/c1-20(21,18-6-4-3-5-7-18)19(24)23-14-10-17(11-15-23)16-8-12-22(2)13-9-16/h16-18H,3-15,21H2,1-2H3/t20-/m0/s1. The number of carbonyl (C=O) groups is 1. The minimum Gasteiger partial charge on any atom is -0.341 e. The minimum absolute atomic E-state index is 0.219. The Morgan fingerprint density at radius 1 is 0.875 bits per heavy atom. The fraction of sp³-hybridized carbons (Fsp3) is 0.950. The lowest BCUT2D eigenvalue weighted by atomic mass is 9.74. The van der Waals surface area contributed by atoms with Crippen LogP contribution >= 0.6 is 0 Å². The summed E-state index contributed by atoms with van der Waals surface area (Å²) in [6, 6.07) is 0. The van der Waals surface area contributed by atoms with E-state index in [1.54, 1.807) is 0 Å². The van der Waals surface area contributed by atoms with E-state index in [4.69, 9.17) is 5.73 Å². The summed E-state index contributed by atoms with van der Waals surface area (Å²) in [6.45, 7) is 6.33. The Hall–Kier alpha value is -0.610. The molecule has 3 fully saturated rings. The SMILES string of the molecule is CN1CCC(C2CCN(C(=O)[C@@](C)(N)C3CCCCC3)CC2)CC1. The van der Waals surface area contributed by atoms with E-state index < -0.39 is 5.54 Å². The smallest absolute Gasteiger partial charge is 0.242 e. The summed E-state index contributed by atoms with van der Waals surface area (Å²) in [5, 5.41) is 0. The molecule has 0 radical (unpaired) electrons. The maximum atomic E-state index is 13.0. The van der Waals surface area contributed by atoms with Crippen LogP contribution in [0.2, 0.25) is 0 Å². The Kier molecular flexibility index (Phi) is 5.86. The lowest BCUT2D eigenvalue weighted by Gasteiger charge is -2.43. The van der Waals surface area contributed by atoms with Crippen molar-refractivity contribution in [1.29, 1.82) is 0 Å². The summed E-state index contributed by atoms with van der Waals surface area (Å²) in [6.07, 6.45) is 11.1. The molecule has 1 amide bonds. The van der Waals surface area contributed by atoms with Crippen LogP contribution in [0.4, 0.5) is 0 Å². The highest BCUT2D eigenvalue weighted by Gasteiger charge is 2.41. The summed E-state index contributed by atoms with van der Waals surface area (Å²) in [5.41, 5.74) is 5.91. The lowest BCUT2D eigenvalue weighted by molar-refractivity contribution is -0.140. The van der Waals surface area contributed by atoms with Gasteiger partial charge in [0.2, 0.25) is 5.91 Å². The van der Waals surface area contributed by atoms with Crippen molar-refractivity contribution in [3.8, 4) is 0 Å². The van der Waals surface area contributed by atoms with Crippen molar-refractivity contribution in [2.75, 3.05) is 33.2 Å². The van der Waals surface area contributed by atoms with E-state index >= 15 is 0 Å². The first-order valence-corrected chi connectivity index (χ1v) is 10.3. The Morgan fingerprint density at radius 3 is 1.92 bits per heavy atom. The third-order valence-corrected chi connectivity index (χ3v) is 7.17. The van der Waals surface area contributed by atoms with Crippen LogP contribution in [-0.2, 0) is 4.79 Å². The first-order valence-electron chi connectivity index (χ1n) is 10.3. The largest absolute Gasteiger partial charge is 0.341 e. The molecule has 0 unspecified atom stereocenters. The zero-order valence-electron chi connectivity index (χ0n) is 15.8. The van der Waals surface area contributed by atoms with Gasteiger partial charge < -0.3 is 15.5 Å². The third-order valence-electron chi connectivity index (χ3n) is 7.17. The van der Waals surface area contributed by atoms with Gasteiger partial charge in [0.1, 0.15) is 0 Å². The molecule has 0 aromatic rings. The second kappa shape index (κ2) is 7.74. The van der Waals surface area contributed by atoms with E-state index in [0.717, 1.165) is 37.8 Å². The molecule has 4 nitrogen and oxygen atoms in total. The van der Waals surface area contributed by atoms with Crippen LogP contribution in [-0.4, -0.2) is 54.5 Å². The number of rotatable bonds is 3. The van der Waals surface area contributed by atoms with Gasteiger partial charge in [0.25, 0.3) is 0 Å². The number of hydrogen-bond donors (Lipinski definition) is 1. The maximum Gasteiger partial charge on any atom is 0.242 e. The zero-order chi connectivity index (χ0) is 17.2. The molecule has 2 heterocycles. The summed E-state index contributed by atoms with van der Waals surface area (Å²) < 4.78 is 0. The van der Waals surface area contributed by atoms with Gasteiger partial charge in [0.15, 0.2) is 0 Å². The quantitative estimate of drug-likeness (QED) is 0.863. The molecule has 1 atom stereocenters. The van der Waals surface area contributed by atoms with Crippen LogP contribution in [0.25, 0.3) is 0 Å². The minimum atomic E-state index is -0.652. The van der Waals surface area contributed by atoms with E-state index in [1.165, 1.54) is 58.0 Å². The lowest BCUT2D eigenvalue weighted by Crippen LogP contribution is -2.59. The topological polar surface area (TPSA) is 49.6 Å². The number of likely N-dealkylation sites (tertiary alicyclic amines) is 2. The van der Waals surface area contributed by atoms with Crippen LogP contribution in [0.1, 0.15) is 64.7 Å². The average molecular weight is 336 g/mol. The summed E-state index contributed by atoms with van der Waals surface area (Å²) in [7, 11) is 2.23. The Balaban J connectivity index is 1.51. The van der Waals surface area contributed by atoms with Crippen molar-refractivity contribution in [3.05, 3.63) is 0 Å². The molecule has 2 saturated heterocycles. The van der Waals surface area contributed by atoms with E-state index in [2.05, 4.69) is 16.8 Å². The highest BCUT2D eigenvalue weighted by Crippen LogP contribution is 2.35. The number of amides is 1. The van der Waals surface area contributed by atoms with Crippen LogP contribution < -0.4 is 5.73 Å². The maximum absolute atomic E-state index is 13.0. The van der Waals surface area contributed by atoms with Crippen LogP contribution in [0.5, 0.6) is 0 Å². The molecule has 4 heteroatoms. The number of carbonyl (C=O) groups excluding carboxylic acids is 1. The van der Waals surface area contributed by atoms with Gasteiger partial charge in [-0.15, -0.1) is 0 Å². The number of nitrogens with two attached hydrogens (primary N) is 1. The predicted octanol–water partition coefficient (Wildman–Crippen LogP) is 2.86.